The van der Waals surface area contributed by atoms with E-state index in [1.807, 2.05) is 0 Å². The van der Waals surface area contributed by atoms with Gasteiger partial charge >= 0.3 is 11.9 Å². The van der Waals surface area contributed by atoms with E-state index >= 15 is 0 Å². The highest BCUT2D eigenvalue weighted by molar-refractivity contribution is 5.84. The SMILES string of the molecule is CN(C)[C@@H](C(=O)O)[C@H](O)C(=O)O. The molecule has 12 heavy (non-hydrogen) atoms. The molecule has 2 atom stereocenters. The van der Waals surface area contributed by atoms with Gasteiger partial charge in [-0.2, -0.15) is 0 Å². The largest absolute Gasteiger partial charge is 0.480 e. The zero-order valence-electron chi connectivity index (χ0n) is 6.76. The molecule has 0 aliphatic rings. The maximum Gasteiger partial charge on any atom is 0.334 e. The third kappa shape index (κ3) is 2.48. The lowest BCUT2D eigenvalue weighted by Gasteiger charge is -2.21. The van der Waals surface area contributed by atoms with E-state index in [0.717, 1.165) is 4.90 Å². The Kier molecular flexibility index (Phi) is 3.65. The van der Waals surface area contributed by atoms with Crippen LogP contribution in [0.1, 0.15) is 0 Å². The molecule has 0 aliphatic heterocycles. The molecule has 0 saturated heterocycles. The number of aliphatic carboxylic acids is 2. The van der Waals surface area contributed by atoms with E-state index in [-0.39, 0.29) is 0 Å². The maximum absolute atomic E-state index is 10.4. The Morgan fingerprint density at radius 1 is 1.17 bits per heavy atom. The van der Waals surface area contributed by atoms with Gasteiger partial charge in [-0.3, -0.25) is 9.69 Å². The molecule has 0 rings (SSSR count). The Morgan fingerprint density at radius 3 is 1.67 bits per heavy atom. The van der Waals surface area contributed by atoms with E-state index < -0.39 is 24.1 Å². The predicted octanol–water partition coefficient (Wildman–Crippen LogP) is -1.55. The van der Waals surface area contributed by atoms with Crippen LogP contribution in [0.5, 0.6) is 0 Å². The van der Waals surface area contributed by atoms with Crippen LogP contribution < -0.4 is 0 Å². The number of carbonyl (C=O) groups is 2. The van der Waals surface area contributed by atoms with Gasteiger partial charge in [0.05, 0.1) is 0 Å². The minimum absolute atomic E-state index is 1.13. The van der Waals surface area contributed by atoms with Crippen LogP contribution in [-0.4, -0.2) is 58.4 Å². The molecule has 0 fully saturated rings. The first-order chi connectivity index (χ1) is 5.37. The van der Waals surface area contributed by atoms with Crippen molar-refractivity contribution in [1.82, 2.24) is 4.90 Å². The predicted molar refractivity (Wildman–Crippen MR) is 38.8 cm³/mol. The summed E-state index contributed by atoms with van der Waals surface area (Å²) in [6.07, 6.45) is -1.91. The smallest absolute Gasteiger partial charge is 0.334 e. The van der Waals surface area contributed by atoms with Crippen LogP contribution in [0.25, 0.3) is 0 Å². The summed E-state index contributed by atoms with van der Waals surface area (Å²) < 4.78 is 0. The van der Waals surface area contributed by atoms with Gasteiger partial charge in [0, 0.05) is 0 Å². The van der Waals surface area contributed by atoms with Crippen LogP contribution in [-0.2, 0) is 9.59 Å². The fraction of sp³-hybridized carbons (Fsp3) is 0.667. The highest BCUT2D eigenvalue weighted by Crippen LogP contribution is 2.01. The molecule has 0 radical (unpaired) electrons. The summed E-state index contributed by atoms with van der Waals surface area (Å²) in [5.74, 6) is -2.91. The Balaban J connectivity index is 4.51. The summed E-state index contributed by atoms with van der Waals surface area (Å²) in [5.41, 5.74) is 0. The normalized spacial score (nSPS) is 15.7. The van der Waals surface area contributed by atoms with Gasteiger partial charge in [-0.1, -0.05) is 0 Å². The van der Waals surface area contributed by atoms with Crippen molar-refractivity contribution < 1.29 is 24.9 Å². The van der Waals surface area contributed by atoms with Crippen LogP contribution >= 0.6 is 0 Å². The van der Waals surface area contributed by atoms with Gasteiger partial charge in [-0.05, 0) is 14.1 Å². The van der Waals surface area contributed by atoms with Crippen molar-refractivity contribution in [1.29, 1.82) is 0 Å². The monoisotopic (exact) mass is 177 g/mol. The second-order valence-electron chi connectivity index (χ2n) is 2.53. The zero-order valence-corrected chi connectivity index (χ0v) is 6.76. The molecule has 0 amide bonds. The minimum Gasteiger partial charge on any atom is -0.480 e. The quantitative estimate of drug-likeness (QED) is 0.480. The van der Waals surface area contributed by atoms with E-state index in [9.17, 15) is 9.59 Å². The van der Waals surface area contributed by atoms with Crippen molar-refractivity contribution in [3.05, 3.63) is 0 Å². The van der Waals surface area contributed by atoms with Crippen molar-refractivity contribution in [2.75, 3.05) is 14.1 Å². The van der Waals surface area contributed by atoms with E-state index in [0.29, 0.717) is 0 Å². The van der Waals surface area contributed by atoms with Crippen molar-refractivity contribution in [2.45, 2.75) is 12.1 Å². The second-order valence-corrected chi connectivity index (χ2v) is 2.53. The number of carboxylic acid groups (broad SMARTS) is 2. The summed E-state index contributed by atoms with van der Waals surface area (Å²) in [4.78, 5) is 21.8. The average molecular weight is 177 g/mol. The molecule has 3 N–H and O–H groups in total. The number of rotatable bonds is 4. The molecule has 0 aromatic heterocycles. The Labute approximate surface area is 69.0 Å². The van der Waals surface area contributed by atoms with Gasteiger partial charge in [0.1, 0.15) is 6.04 Å². The Hall–Kier alpha value is -1.14. The molecule has 0 aromatic carbocycles. The van der Waals surface area contributed by atoms with Gasteiger partial charge in [0.25, 0.3) is 0 Å². The summed E-state index contributed by atoms with van der Waals surface area (Å²) in [6, 6.07) is -1.41. The van der Waals surface area contributed by atoms with Crippen LogP contribution in [0, 0.1) is 0 Å². The minimum atomic E-state index is -1.91. The molecule has 70 valence electrons. The van der Waals surface area contributed by atoms with Crippen LogP contribution in [0.4, 0.5) is 0 Å². The number of likely N-dealkylation sites (N-methyl/N-ethyl adjacent to an activating group) is 1. The first-order valence-corrected chi connectivity index (χ1v) is 3.18. The molecule has 6 heteroatoms. The van der Waals surface area contributed by atoms with Crippen LogP contribution in [0.15, 0.2) is 0 Å². The molecule has 6 nitrogen and oxygen atoms in total. The highest BCUT2D eigenvalue weighted by Gasteiger charge is 2.33. The third-order valence-electron chi connectivity index (χ3n) is 1.36. The lowest BCUT2D eigenvalue weighted by Crippen LogP contribution is -2.48. The topological polar surface area (TPSA) is 98.1 Å². The van der Waals surface area contributed by atoms with Crippen molar-refractivity contribution in [2.24, 2.45) is 0 Å². The lowest BCUT2D eigenvalue weighted by atomic mass is 10.1. The van der Waals surface area contributed by atoms with E-state index in [2.05, 4.69) is 0 Å². The highest BCUT2D eigenvalue weighted by atomic mass is 16.4. The van der Waals surface area contributed by atoms with E-state index in [1.165, 1.54) is 14.1 Å². The number of nitrogens with zero attached hydrogens (tertiary/aromatic N) is 1. The first-order valence-electron chi connectivity index (χ1n) is 3.18. The molecular formula is C6H11NO5. The molecular weight excluding hydrogens is 166 g/mol. The number of hydrogen-bond acceptors (Lipinski definition) is 4. The number of carboxylic acids is 2. The number of hydrogen-bond donors (Lipinski definition) is 3. The molecule has 0 spiro atoms. The van der Waals surface area contributed by atoms with E-state index in [1.54, 1.807) is 0 Å². The Bertz CT molecular complexity index is 190. The first kappa shape index (κ1) is 10.9. The van der Waals surface area contributed by atoms with Gasteiger partial charge in [0.2, 0.25) is 0 Å². The molecule has 0 aliphatic carbocycles. The summed E-state index contributed by atoms with van der Waals surface area (Å²) >= 11 is 0. The van der Waals surface area contributed by atoms with Gasteiger partial charge < -0.3 is 15.3 Å². The van der Waals surface area contributed by atoms with Crippen LogP contribution in [0.2, 0.25) is 0 Å². The van der Waals surface area contributed by atoms with E-state index in [4.69, 9.17) is 15.3 Å². The van der Waals surface area contributed by atoms with Gasteiger partial charge in [-0.15, -0.1) is 0 Å². The van der Waals surface area contributed by atoms with Crippen LogP contribution in [0.3, 0.4) is 0 Å². The van der Waals surface area contributed by atoms with Crippen molar-refractivity contribution in [3.63, 3.8) is 0 Å². The summed E-state index contributed by atoms with van der Waals surface area (Å²) in [7, 11) is 2.76. The standard InChI is InChI=1S/C6H11NO5/c1-7(2)3(5(9)10)4(8)6(11)12/h3-4,8H,1-2H3,(H,9,10)(H,11,12)/t3-,4+/m1/s1. The Morgan fingerprint density at radius 2 is 1.58 bits per heavy atom. The summed E-state index contributed by atoms with van der Waals surface area (Å²) in [5, 5.41) is 25.7. The molecule has 0 unspecified atom stereocenters. The molecule has 0 aromatic rings. The average Bonchev–Trinajstić information content (AvgIpc) is 1.85. The fourth-order valence-electron chi connectivity index (χ4n) is 0.773. The molecule has 0 heterocycles. The number of aliphatic hydroxyl groups excluding tert-OH is 1. The van der Waals surface area contributed by atoms with Crippen molar-refractivity contribution >= 4 is 11.9 Å². The van der Waals surface area contributed by atoms with Gasteiger partial charge in [0.15, 0.2) is 6.10 Å². The lowest BCUT2D eigenvalue weighted by molar-refractivity contribution is -0.160. The molecule has 0 saturated carbocycles. The molecule has 0 bridgehead atoms. The van der Waals surface area contributed by atoms with Crippen molar-refractivity contribution in [3.8, 4) is 0 Å². The number of aliphatic hydroxyl groups is 1. The second kappa shape index (κ2) is 4.03. The summed E-state index contributed by atoms with van der Waals surface area (Å²) in [6.45, 7) is 0. The maximum atomic E-state index is 10.4. The zero-order chi connectivity index (χ0) is 9.89. The van der Waals surface area contributed by atoms with Gasteiger partial charge in [-0.25, -0.2) is 4.79 Å². The fourth-order valence-corrected chi connectivity index (χ4v) is 0.773. The third-order valence-corrected chi connectivity index (χ3v) is 1.36.